The minimum atomic E-state index is -2.58. The van der Waals surface area contributed by atoms with E-state index in [-0.39, 0.29) is 60.8 Å². The number of benzene rings is 7. The van der Waals surface area contributed by atoms with Crippen LogP contribution in [0, 0.1) is 48.4 Å². The van der Waals surface area contributed by atoms with Gasteiger partial charge in [0.05, 0.1) is 36.8 Å². The number of fused-ring (bicyclic) bond motifs is 4. The van der Waals surface area contributed by atoms with Crippen molar-refractivity contribution in [2.75, 3.05) is 0 Å². The van der Waals surface area contributed by atoms with Crippen molar-refractivity contribution in [2.24, 2.45) is 5.41 Å². The standard InChI is InChI=1S/C49H44N3O.C13H11FN.Ir/c1-30(2)41-25-37(34-20-18-32(19-21-34)28-49(5,6)7)26-42(31(3)4)46(41)52-44-17-9-8-16-43(44)51-48(52)40-15-11-14-39-38-23-22-36(27-45(38)53-47(39)40)35-13-10-12-33(24-35)29-50;1-9-7-13(15-8-10(9)2)11-3-5-12(14)6-4-11;/h8-14,16-27,30-31H,28H2,1-7H3;3,5-8H,1-2H3;/q2*-1;/i20D,21D,28D2;1D3,2D3;. The van der Waals surface area contributed by atoms with Crippen molar-refractivity contribution >= 4 is 33.0 Å². The number of hydrogen-bond acceptors (Lipinski definition) is 4. The largest absolute Gasteiger partial charge is 0.501 e. The Morgan fingerprint density at radius 3 is 2.22 bits per heavy atom. The minimum absolute atomic E-state index is 0. The molecule has 7 aromatic carbocycles. The zero-order chi connectivity index (χ0) is 56.4. The van der Waals surface area contributed by atoms with Crippen LogP contribution in [0.2, 0.25) is 0 Å². The molecule has 0 fully saturated rings. The molecule has 0 saturated heterocycles. The molecular weight excluding hydrogens is 1030 g/mol. The topological polar surface area (TPSA) is 67.6 Å². The Morgan fingerprint density at radius 1 is 0.797 bits per heavy atom. The molecule has 5 nitrogen and oxygen atoms in total. The number of hydrogen-bond donors (Lipinski definition) is 0. The van der Waals surface area contributed by atoms with Crippen LogP contribution < -0.4 is 0 Å². The van der Waals surface area contributed by atoms with Crippen molar-refractivity contribution in [3.05, 3.63) is 197 Å². The number of nitrogens with zero attached hydrogens (tertiary/aromatic N) is 4. The Balaban J connectivity index is 0.000000314. The molecule has 0 aliphatic rings. The average molecular weight is 1090 g/mol. The second-order valence-corrected chi connectivity index (χ2v) is 18.5. The summed E-state index contributed by atoms with van der Waals surface area (Å²) >= 11 is 0. The molecule has 0 amide bonds. The SMILES string of the molecule is [2H]C([2H])([2H])c1cnc(-c2[c-]cc(F)cc2)cc1C([2H])([2H])[2H].[2H]c1cc(C([2H])([2H])C(C)(C)C)cc([2H])c1-c1cc(C(C)C)c(-n2c(-c3[c-]ccc4c3oc3cc(-c5cccc(C#N)c5)ccc34)nc3ccccc32)c(C(C)C)c1.[Ir]. The second kappa shape index (κ2) is 19.9. The van der Waals surface area contributed by atoms with Crippen LogP contribution in [0.1, 0.15) is 107 Å². The molecule has 1 radical (unpaired) electrons. The first-order valence-electron chi connectivity index (χ1n) is 27.5. The fourth-order valence-corrected chi connectivity index (χ4v) is 8.46. The van der Waals surface area contributed by atoms with Crippen molar-refractivity contribution in [2.45, 2.75) is 80.4 Å². The van der Waals surface area contributed by atoms with E-state index in [1.54, 1.807) is 18.2 Å². The normalized spacial score (nSPS) is 14.2. The molecule has 0 N–H and O–H groups in total. The molecule has 0 aliphatic carbocycles. The third-order valence-corrected chi connectivity index (χ3v) is 11.7. The zero-order valence-electron chi connectivity index (χ0n) is 49.3. The summed E-state index contributed by atoms with van der Waals surface area (Å²) in [4.78, 5) is 9.23. The maximum absolute atomic E-state index is 12.9. The van der Waals surface area contributed by atoms with E-state index in [1.807, 2.05) is 75.4 Å². The van der Waals surface area contributed by atoms with Crippen molar-refractivity contribution in [3.8, 4) is 56.7 Å². The van der Waals surface area contributed by atoms with Gasteiger partial charge in [0.15, 0.2) is 0 Å². The molecule has 347 valence electrons. The average Bonchev–Trinajstić information content (AvgIpc) is 4.00. The summed E-state index contributed by atoms with van der Waals surface area (Å²) in [7, 11) is 0. The molecule has 10 aromatic rings. The van der Waals surface area contributed by atoms with Crippen molar-refractivity contribution < 1.29 is 42.6 Å². The first-order chi connectivity index (χ1) is 36.7. The van der Waals surface area contributed by atoms with E-state index >= 15 is 0 Å². The van der Waals surface area contributed by atoms with Crippen LogP contribution in [-0.4, -0.2) is 14.5 Å². The van der Waals surface area contributed by atoms with E-state index < -0.39 is 31.3 Å². The summed E-state index contributed by atoms with van der Waals surface area (Å²) in [6.45, 7) is 9.00. The molecular formula is C62H55FIrN4O-2. The first kappa shape index (κ1) is 37.0. The molecule has 0 bridgehead atoms. The summed E-state index contributed by atoms with van der Waals surface area (Å²) in [5.74, 6) is 0.311. The zero-order valence-corrected chi connectivity index (χ0v) is 41.7. The third-order valence-electron chi connectivity index (χ3n) is 11.7. The number of furan rings is 1. The van der Waals surface area contributed by atoms with Gasteiger partial charge >= 0.3 is 0 Å². The van der Waals surface area contributed by atoms with Gasteiger partial charge in [-0.3, -0.25) is 9.37 Å². The monoisotopic (exact) mass is 1090 g/mol. The summed E-state index contributed by atoms with van der Waals surface area (Å²) in [6.07, 6.45) is -0.695. The summed E-state index contributed by atoms with van der Waals surface area (Å²) in [6, 6.07) is 46.7. The van der Waals surface area contributed by atoms with Crippen LogP contribution in [0.15, 0.2) is 150 Å². The molecule has 0 aliphatic heterocycles. The summed E-state index contributed by atoms with van der Waals surface area (Å²) < 4.78 is 102. The molecule has 0 spiro atoms. The van der Waals surface area contributed by atoms with E-state index in [4.69, 9.17) is 23.1 Å². The molecule has 0 unspecified atom stereocenters. The number of aromatic nitrogens is 3. The molecule has 10 rings (SSSR count). The van der Waals surface area contributed by atoms with Crippen molar-refractivity contribution in [1.82, 2.24) is 14.5 Å². The van der Waals surface area contributed by atoms with Crippen LogP contribution in [0.25, 0.3) is 83.6 Å². The van der Waals surface area contributed by atoms with E-state index in [1.165, 1.54) is 18.2 Å². The quantitative estimate of drug-likeness (QED) is 0.142. The molecule has 7 heteroatoms. The fraction of sp³-hybridized carbons (Fsp3) is 0.210. The Kier molecular flexibility index (Phi) is 10.7. The maximum Gasteiger partial charge on any atom is 0.121 e. The van der Waals surface area contributed by atoms with Gasteiger partial charge in [-0.05, 0) is 130 Å². The van der Waals surface area contributed by atoms with E-state index in [0.717, 1.165) is 78.7 Å². The number of imidazole rings is 1. The predicted molar refractivity (Wildman–Crippen MR) is 277 cm³/mol. The van der Waals surface area contributed by atoms with Crippen molar-refractivity contribution in [3.63, 3.8) is 0 Å². The second-order valence-electron chi connectivity index (χ2n) is 18.5. The van der Waals surface area contributed by atoms with Crippen LogP contribution in [0.4, 0.5) is 4.39 Å². The van der Waals surface area contributed by atoms with Crippen LogP contribution in [-0.2, 0) is 26.5 Å². The summed E-state index contributed by atoms with van der Waals surface area (Å²) in [5, 5.41) is 11.4. The van der Waals surface area contributed by atoms with Gasteiger partial charge in [-0.15, -0.1) is 48.0 Å². The van der Waals surface area contributed by atoms with Gasteiger partial charge in [0, 0.05) is 54.2 Å². The summed E-state index contributed by atoms with van der Waals surface area (Å²) in [5.41, 5.74) is 10.3. The smallest absolute Gasteiger partial charge is 0.121 e. The van der Waals surface area contributed by atoms with Gasteiger partial charge in [0.1, 0.15) is 5.58 Å². The predicted octanol–water partition coefficient (Wildman–Crippen LogP) is 16.7. The van der Waals surface area contributed by atoms with Crippen LogP contribution >= 0.6 is 0 Å². The number of pyridine rings is 1. The van der Waals surface area contributed by atoms with Crippen molar-refractivity contribution in [1.29, 1.82) is 5.26 Å². The first-order valence-corrected chi connectivity index (χ1v) is 22.5. The van der Waals surface area contributed by atoms with Gasteiger partial charge < -0.3 is 14.0 Å². The van der Waals surface area contributed by atoms with E-state index in [0.29, 0.717) is 33.7 Å². The Morgan fingerprint density at radius 2 is 1.54 bits per heavy atom. The van der Waals surface area contributed by atoms with Gasteiger partial charge in [0.25, 0.3) is 0 Å². The van der Waals surface area contributed by atoms with Gasteiger partial charge in [0.2, 0.25) is 0 Å². The fourth-order valence-electron chi connectivity index (χ4n) is 8.46. The number of rotatable bonds is 8. The molecule has 0 atom stereocenters. The molecule has 0 saturated carbocycles. The molecule has 69 heavy (non-hydrogen) atoms. The van der Waals surface area contributed by atoms with Gasteiger partial charge in [-0.25, -0.2) is 0 Å². The number of halogens is 1. The third kappa shape index (κ3) is 10.1. The van der Waals surface area contributed by atoms with Crippen LogP contribution in [0.3, 0.4) is 0 Å². The molecule has 3 heterocycles. The minimum Gasteiger partial charge on any atom is -0.501 e. The van der Waals surface area contributed by atoms with Gasteiger partial charge in [-0.2, -0.15) is 5.26 Å². The van der Waals surface area contributed by atoms with Crippen LogP contribution in [0.5, 0.6) is 0 Å². The molecule has 3 aromatic heterocycles. The Labute approximate surface area is 433 Å². The number of para-hydroxylation sites is 2. The van der Waals surface area contributed by atoms with E-state index in [9.17, 15) is 9.65 Å². The van der Waals surface area contributed by atoms with E-state index in [2.05, 4.69) is 85.8 Å². The Bertz CT molecular complexity index is 3930. The van der Waals surface area contributed by atoms with Gasteiger partial charge in [-0.1, -0.05) is 132 Å². The number of aryl methyl sites for hydroxylation is 2. The Hall–Kier alpha value is -6.97. The number of nitriles is 1. The maximum atomic E-state index is 12.9.